The second kappa shape index (κ2) is 9.85. The van der Waals surface area contributed by atoms with Gasteiger partial charge in [-0.15, -0.1) is 0 Å². The van der Waals surface area contributed by atoms with Gasteiger partial charge < -0.3 is 10.0 Å². The minimum Gasteiger partial charge on any atom is -0.391 e. The highest BCUT2D eigenvalue weighted by molar-refractivity contribution is 6.04. The zero-order valence-corrected chi connectivity index (χ0v) is 21.1. The summed E-state index contributed by atoms with van der Waals surface area (Å²) < 4.78 is 0. The van der Waals surface area contributed by atoms with E-state index in [-0.39, 0.29) is 17.4 Å². The molecule has 1 amide bonds. The van der Waals surface area contributed by atoms with Crippen molar-refractivity contribution in [3.63, 3.8) is 0 Å². The zero-order chi connectivity index (χ0) is 25.4. The van der Waals surface area contributed by atoms with Crippen LogP contribution in [0.5, 0.6) is 0 Å². The number of hydrogen-bond donors (Lipinski definition) is 1. The maximum absolute atomic E-state index is 13.6. The molecule has 1 aromatic carbocycles. The van der Waals surface area contributed by atoms with Crippen molar-refractivity contribution in [3.8, 4) is 6.07 Å². The SMILES string of the molecule is N#CC1(Cc2ccncc2)CCN(Cc2cc3c(c4ncccc24)CN(C2CCCCC2O)C3=O)CC1. The normalized spacial score (nSPS) is 23.7. The van der Waals surface area contributed by atoms with Gasteiger partial charge in [-0.05, 0) is 67.5 Å². The first-order valence-electron chi connectivity index (χ1n) is 13.5. The standard InChI is InChI=1S/C30H33N5O2/c31-20-30(17-21-7-12-32-13-8-21)9-14-34(15-10-30)18-22-16-24-25(28-23(22)4-3-11-33-28)19-35(29(24)37)26-5-1-2-6-27(26)36/h3-4,7-8,11-13,16,26-27,36H,1-2,5-6,9-10,14-15,17-19H2. The summed E-state index contributed by atoms with van der Waals surface area (Å²) in [5.74, 6) is 0.0224. The zero-order valence-electron chi connectivity index (χ0n) is 21.1. The first-order valence-corrected chi connectivity index (χ1v) is 13.5. The lowest BCUT2D eigenvalue weighted by atomic mass is 9.75. The Morgan fingerprint density at radius 1 is 1.11 bits per heavy atom. The Bertz CT molecular complexity index is 1340. The average molecular weight is 496 g/mol. The highest BCUT2D eigenvalue weighted by Crippen LogP contribution is 2.38. The van der Waals surface area contributed by atoms with Gasteiger partial charge in [0.2, 0.25) is 0 Å². The molecule has 0 bridgehead atoms. The van der Waals surface area contributed by atoms with Gasteiger partial charge in [-0.2, -0.15) is 5.26 Å². The summed E-state index contributed by atoms with van der Waals surface area (Å²) >= 11 is 0. The number of pyridine rings is 2. The lowest BCUT2D eigenvalue weighted by Gasteiger charge is -2.37. The number of aliphatic hydroxyl groups is 1. The number of piperidine rings is 1. The van der Waals surface area contributed by atoms with Crippen molar-refractivity contribution in [3.05, 3.63) is 71.2 Å². The van der Waals surface area contributed by atoms with Crippen molar-refractivity contribution in [2.75, 3.05) is 13.1 Å². The quantitative estimate of drug-likeness (QED) is 0.569. The van der Waals surface area contributed by atoms with Crippen molar-refractivity contribution in [2.45, 2.75) is 70.2 Å². The van der Waals surface area contributed by atoms with E-state index in [4.69, 9.17) is 4.98 Å². The second-order valence-corrected chi connectivity index (χ2v) is 11.0. The minimum absolute atomic E-state index is 0.0224. The summed E-state index contributed by atoms with van der Waals surface area (Å²) in [5.41, 5.74) is 4.54. The molecule has 190 valence electrons. The number of fused-ring (bicyclic) bond motifs is 3. The van der Waals surface area contributed by atoms with Crippen LogP contribution in [0, 0.1) is 16.7 Å². The second-order valence-electron chi connectivity index (χ2n) is 11.0. The van der Waals surface area contributed by atoms with Gasteiger partial charge in [-0.25, -0.2) is 0 Å². The number of aromatic nitrogens is 2. The summed E-state index contributed by atoms with van der Waals surface area (Å²) in [6.45, 7) is 2.93. The van der Waals surface area contributed by atoms with E-state index in [1.807, 2.05) is 23.1 Å². The van der Waals surface area contributed by atoms with Gasteiger partial charge in [0.25, 0.3) is 5.91 Å². The van der Waals surface area contributed by atoms with Crippen molar-refractivity contribution >= 4 is 16.8 Å². The number of carbonyl (C=O) groups excluding carboxylic acids is 1. The third-order valence-corrected chi connectivity index (χ3v) is 8.73. The molecule has 0 spiro atoms. The molecule has 1 saturated heterocycles. The van der Waals surface area contributed by atoms with E-state index in [2.05, 4.69) is 28.1 Å². The first kappa shape index (κ1) is 24.0. The Labute approximate surface area is 217 Å². The van der Waals surface area contributed by atoms with Gasteiger partial charge in [-0.1, -0.05) is 18.9 Å². The van der Waals surface area contributed by atoms with E-state index < -0.39 is 6.10 Å². The summed E-state index contributed by atoms with van der Waals surface area (Å²) in [7, 11) is 0. The summed E-state index contributed by atoms with van der Waals surface area (Å²) in [6, 6.07) is 12.7. The maximum Gasteiger partial charge on any atom is 0.254 e. The number of nitrogens with zero attached hydrogens (tertiary/aromatic N) is 5. The Kier molecular flexibility index (Phi) is 6.39. The predicted octanol–water partition coefficient (Wildman–Crippen LogP) is 4.24. The number of aliphatic hydroxyl groups excluding tert-OH is 1. The van der Waals surface area contributed by atoms with Gasteiger partial charge in [0, 0.05) is 61.3 Å². The van der Waals surface area contributed by atoms with Crippen LogP contribution in [0.3, 0.4) is 0 Å². The minimum atomic E-state index is -0.452. The van der Waals surface area contributed by atoms with E-state index in [0.717, 1.165) is 97.7 Å². The molecular formula is C30H33N5O2. The predicted molar refractivity (Wildman–Crippen MR) is 140 cm³/mol. The van der Waals surface area contributed by atoms with Crippen LogP contribution in [0.1, 0.15) is 65.6 Å². The van der Waals surface area contributed by atoms with Gasteiger partial charge in [0.15, 0.2) is 0 Å². The third-order valence-electron chi connectivity index (χ3n) is 8.73. The molecule has 2 atom stereocenters. The van der Waals surface area contributed by atoms with Crippen molar-refractivity contribution in [1.29, 1.82) is 5.26 Å². The number of likely N-dealkylation sites (tertiary alicyclic amines) is 1. The van der Waals surface area contributed by atoms with E-state index in [1.54, 1.807) is 18.6 Å². The third kappa shape index (κ3) is 4.49. The van der Waals surface area contributed by atoms with Crippen molar-refractivity contribution in [2.24, 2.45) is 5.41 Å². The van der Waals surface area contributed by atoms with E-state index in [9.17, 15) is 15.2 Å². The van der Waals surface area contributed by atoms with Crippen molar-refractivity contribution < 1.29 is 9.90 Å². The van der Waals surface area contributed by atoms with Crippen LogP contribution >= 0.6 is 0 Å². The molecule has 2 aliphatic heterocycles. The monoisotopic (exact) mass is 495 g/mol. The van der Waals surface area contributed by atoms with E-state index in [1.165, 1.54) is 0 Å². The number of carbonyl (C=O) groups is 1. The van der Waals surface area contributed by atoms with Gasteiger partial charge in [-0.3, -0.25) is 19.7 Å². The number of nitriles is 1. The van der Waals surface area contributed by atoms with Crippen molar-refractivity contribution in [1.82, 2.24) is 19.8 Å². The molecule has 2 aromatic heterocycles. The van der Waals surface area contributed by atoms with Crippen LogP contribution in [-0.4, -0.2) is 56.0 Å². The Balaban J connectivity index is 1.23. The Morgan fingerprint density at radius 2 is 1.89 bits per heavy atom. The molecule has 1 saturated carbocycles. The molecule has 7 nitrogen and oxygen atoms in total. The summed E-state index contributed by atoms with van der Waals surface area (Å²) in [5, 5.41) is 21.8. The maximum atomic E-state index is 13.6. The van der Waals surface area contributed by atoms with E-state index >= 15 is 0 Å². The van der Waals surface area contributed by atoms with E-state index in [0.29, 0.717) is 6.54 Å². The molecule has 37 heavy (non-hydrogen) atoms. The van der Waals surface area contributed by atoms with Gasteiger partial charge >= 0.3 is 0 Å². The lowest BCUT2D eigenvalue weighted by Crippen LogP contribution is -2.45. The Morgan fingerprint density at radius 3 is 2.65 bits per heavy atom. The van der Waals surface area contributed by atoms with Crippen LogP contribution in [0.15, 0.2) is 48.9 Å². The van der Waals surface area contributed by atoms with Gasteiger partial charge in [0.1, 0.15) is 0 Å². The molecule has 1 aliphatic carbocycles. The fourth-order valence-electron chi connectivity index (χ4n) is 6.57. The molecule has 1 N–H and O–H groups in total. The number of amides is 1. The summed E-state index contributed by atoms with van der Waals surface area (Å²) in [4.78, 5) is 26.7. The fourth-order valence-corrected chi connectivity index (χ4v) is 6.57. The lowest BCUT2D eigenvalue weighted by molar-refractivity contribution is 0.0192. The van der Waals surface area contributed by atoms with Crippen LogP contribution in [-0.2, 0) is 19.5 Å². The van der Waals surface area contributed by atoms with Crippen LogP contribution < -0.4 is 0 Å². The number of rotatable bonds is 5. The first-order chi connectivity index (χ1) is 18.1. The Hall–Kier alpha value is -3.34. The van der Waals surface area contributed by atoms with Crippen LogP contribution in [0.25, 0.3) is 10.9 Å². The number of benzene rings is 1. The highest BCUT2D eigenvalue weighted by Gasteiger charge is 2.39. The smallest absolute Gasteiger partial charge is 0.254 e. The molecule has 4 heterocycles. The molecular weight excluding hydrogens is 462 g/mol. The molecule has 6 rings (SSSR count). The molecule has 2 fully saturated rings. The molecule has 7 heteroatoms. The highest BCUT2D eigenvalue weighted by atomic mass is 16.3. The fraction of sp³-hybridized carbons (Fsp3) is 0.467. The van der Waals surface area contributed by atoms with Crippen LogP contribution in [0.2, 0.25) is 0 Å². The topological polar surface area (TPSA) is 93.3 Å². The molecule has 3 aliphatic rings. The van der Waals surface area contributed by atoms with Crippen LogP contribution in [0.4, 0.5) is 0 Å². The summed E-state index contributed by atoms with van der Waals surface area (Å²) in [6.07, 6.45) is 11.0. The molecule has 2 unspecified atom stereocenters. The largest absolute Gasteiger partial charge is 0.391 e. The van der Waals surface area contributed by atoms with Gasteiger partial charge in [0.05, 0.1) is 29.1 Å². The molecule has 3 aromatic rings. The molecule has 0 radical (unpaired) electrons. The average Bonchev–Trinajstić information content (AvgIpc) is 3.27. The number of hydrogen-bond acceptors (Lipinski definition) is 6.